The van der Waals surface area contributed by atoms with E-state index in [4.69, 9.17) is 0 Å². The van der Waals surface area contributed by atoms with Gasteiger partial charge in [-0.25, -0.2) is 9.78 Å². The Morgan fingerprint density at radius 2 is 2.21 bits per heavy atom. The largest absolute Gasteiger partial charge is 0.328 e. The van der Waals surface area contributed by atoms with Crippen LogP contribution in [0, 0.1) is 0 Å². The highest BCUT2D eigenvalue weighted by molar-refractivity contribution is 6.13. The summed E-state index contributed by atoms with van der Waals surface area (Å²) < 4.78 is 1.85. The molecule has 1 N–H and O–H groups in total. The number of imidazole rings is 1. The Labute approximate surface area is 109 Å². The van der Waals surface area contributed by atoms with Crippen LogP contribution in [0.15, 0.2) is 36.3 Å². The van der Waals surface area contributed by atoms with Crippen molar-refractivity contribution < 1.29 is 9.59 Å². The van der Waals surface area contributed by atoms with Crippen LogP contribution in [0.1, 0.15) is 12.6 Å². The summed E-state index contributed by atoms with van der Waals surface area (Å²) >= 11 is 0. The van der Waals surface area contributed by atoms with E-state index in [1.165, 1.54) is 0 Å². The molecule has 1 saturated heterocycles. The Hall–Kier alpha value is -2.63. The zero-order chi connectivity index (χ0) is 13.4. The second kappa shape index (κ2) is 4.24. The normalized spacial score (nSPS) is 17.5. The molecule has 3 heterocycles. The minimum absolute atomic E-state index is 0.275. The van der Waals surface area contributed by atoms with Gasteiger partial charge in [0.15, 0.2) is 0 Å². The lowest BCUT2D eigenvalue weighted by atomic mass is 10.3. The van der Waals surface area contributed by atoms with Gasteiger partial charge in [-0.3, -0.25) is 9.69 Å². The van der Waals surface area contributed by atoms with E-state index in [0.29, 0.717) is 6.54 Å². The Balaban J connectivity index is 2.03. The smallest absolute Gasteiger partial charge is 0.303 e. The molecule has 0 bridgehead atoms. The summed E-state index contributed by atoms with van der Waals surface area (Å²) in [5, 5.41) is 2.57. The Bertz CT molecular complexity index is 701. The number of urea groups is 1. The molecule has 6 nitrogen and oxygen atoms in total. The van der Waals surface area contributed by atoms with Crippen LogP contribution in [-0.4, -0.2) is 32.8 Å². The number of aromatic nitrogens is 2. The number of pyridine rings is 1. The van der Waals surface area contributed by atoms with Crippen LogP contribution in [0.25, 0.3) is 11.7 Å². The number of likely N-dealkylation sites (N-methyl/N-ethyl adjacent to an activating group) is 1. The van der Waals surface area contributed by atoms with Gasteiger partial charge in [0.1, 0.15) is 11.3 Å². The molecule has 0 radical (unpaired) electrons. The van der Waals surface area contributed by atoms with E-state index >= 15 is 0 Å². The maximum atomic E-state index is 12.0. The van der Waals surface area contributed by atoms with Crippen molar-refractivity contribution in [2.24, 2.45) is 0 Å². The SMILES string of the molecule is CCN1C(=O)N/C(=C/c2cnc3ccccn23)C1=O. The van der Waals surface area contributed by atoms with Crippen molar-refractivity contribution in [3.63, 3.8) is 0 Å². The quantitative estimate of drug-likeness (QED) is 0.649. The molecular weight excluding hydrogens is 244 g/mol. The van der Waals surface area contributed by atoms with Crippen molar-refractivity contribution in [1.29, 1.82) is 0 Å². The summed E-state index contributed by atoms with van der Waals surface area (Å²) in [6.07, 6.45) is 5.15. The molecule has 6 heteroatoms. The van der Waals surface area contributed by atoms with Crippen molar-refractivity contribution in [1.82, 2.24) is 19.6 Å². The highest BCUT2D eigenvalue weighted by atomic mass is 16.2. The van der Waals surface area contributed by atoms with E-state index < -0.39 is 0 Å². The van der Waals surface area contributed by atoms with Crippen molar-refractivity contribution in [3.8, 4) is 0 Å². The maximum absolute atomic E-state index is 12.0. The average Bonchev–Trinajstić information content (AvgIpc) is 2.93. The Morgan fingerprint density at radius 1 is 1.37 bits per heavy atom. The van der Waals surface area contributed by atoms with Gasteiger partial charge < -0.3 is 9.72 Å². The first-order valence-corrected chi connectivity index (χ1v) is 5.97. The first-order chi connectivity index (χ1) is 9.20. The first kappa shape index (κ1) is 11.5. The van der Waals surface area contributed by atoms with Crippen LogP contribution in [0.2, 0.25) is 0 Å². The second-order valence-corrected chi connectivity index (χ2v) is 4.15. The number of imide groups is 1. The summed E-state index contributed by atoms with van der Waals surface area (Å²) in [6, 6.07) is 5.26. The number of rotatable bonds is 2. The van der Waals surface area contributed by atoms with Gasteiger partial charge in [0, 0.05) is 12.7 Å². The minimum Gasteiger partial charge on any atom is -0.303 e. The van der Waals surface area contributed by atoms with Crippen LogP contribution < -0.4 is 5.32 Å². The summed E-state index contributed by atoms with van der Waals surface area (Å²) in [5.74, 6) is -0.307. The lowest BCUT2D eigenvalue weighted by Crippen LogP contribution is -2.30. The molecule has 1 aliphatic heterocycles. The lowest BCUT2D eigenvalue weighted by molar-refractivity contribution is -0.122. The molecule has 3 rings (SSSR count). The van der Waals surface area contributed by atoms with Crippen molar-refractivity contribution in [2.75, 3.05) is 6.54 Å². The molecule has 0 aliphatic carbocycles. The molecule has 2 aromatic heterocycles. The number of amides is 3. The number of hydrogen-bond acceptors (Lipinski definition) is 3. The summed E-state index contributed by atoms with van der Waals surface area (Å²) in [6.45, 7) is 2.11. The predicted octanol–water partition coefficient (Wildman–Crippen LogP) is 1.25. The van der Waals surface area contributed by atoms with Crippen LogP contribution in [0.4, 0.5) is 4.79 Å². The number of carbonyl (C=O) groups excluding carboxylic acids is 2. The average molecular weight is 256 g/mol. The van der Waals surface area contributed by atoms with Gasteiger partial charge in [-0.05, 0) is 25.1 Å². The first-order valence-electron chi connectivity index (χ1n) is 5.97. The van der Waals surface area contributed by atoms with Crippen LogP contribution in [0.5, 0.6) is 0 Å². The van der Waals surface area contributed by atoms with Crippen molar-refractivity contribution in [3.05, 3.63) is 42.0 Å². The van der Waals surface area contributed by atoms with Gasteiger partial charge in [0.05, 0.1) is 11.9 Å². The Kier molecular flexibility index (Phi) is 2.56. The summed E-state index contributed by atoms with van der Waals surface area (Å²) in [4.78, 5) is 28.9. The Morgan fingerprint density at radius 3 is 2.95 bits per heavy atom. The van der Waals surface area contributed by atoms with E-state index in [1.807, 2.05) is 28.8 Å². The fraction of sp³-hybridized carbons (Fsp3) is 0.154. The topological polar surface area (TPSA) is 66.7 Å². The van der Waals surface area contributed by atoms with E-state index in [2.05, 4.69) is 10.3 Å². The van der Waals surface area contributed by atoms with Gasteiger partial charge in [-0.15, -0.1) is 0 Å². The minimum atomic E-state index is -0.382. The third-order valence-electron chi connectivity index (χ3n) is 3.02. The standard InChI is InChI=1S/C13H12N4O2/c1-2-16-12(18)10(15-13(16)19)7-9-8-14-11-5-3-4-6-17(9)11/h3-8H,2H2,1H3,(H,15,19)/b10-7+. The molecule has 0 atom stereocenters. The van der Waals surface area contributed by atoms with Crippen molar-refractivity contribution >= 4 is 23.7 Å². The molecule has 0 aromatic carbocycles. The van der Waals surface area contributed by atoms with Gasteiger partial charge in [-0.2, -0.15) is 0 Å². The fourth-order valence-corrected chi connectivity index (χ4v) is 2.07. The maximum Gasteiger partial charge on any atom is 0.328 e. The molecule has 19 heavy (non-hydrogen) atoms. The van der Waals surface area contributed by atoms with Crippen LogP contribution in [-0.2, 0) is 4.79 Å². The van der Waals surface area contributed by atoms with E-state index in [1.54, 1.807) is 19.2 Å². The summed E-state index contributed by atoms with van der Waals surface area (Å²) in [7, 11) is 0. The van der Waals surface area contributed by atoms with Gasteiger partial charge in [0.25, 0.3) is 5.91 Å². The molecule has 3 amide bonds. The molecule has 1 aliphatic rings. The third kappa shape index (κ3) is 1.77. The number of nitrogens with one attached hydrogen (secondary N) is 1. The molecule has 1 fully saturated rings. The lowest BCUT2D eigenvalue weighted by Gasteiger charge is -2.05. The number of nitrogens with zero attached hydrogens (tertiary/aromatic N) is 3. The van der Waals surface area contributed by atoms with Crippen LogP contribution >= 0.6 is 0 Å². The van der Waals surface area contributed by atoms with E-state index in [9.17, 15) is 9.59 Å². The summed E-state index contributed by atoms with van der Waals surface area (Å²) in [5.41, 5.74) is 1.81. The number of carbonyl (C=O) groups is 2. The third-order valence-corrected chi connectivity index (χ3v) is 3.02. The predicted molar refractivity (Wildman–Crippen MR) is 69.1 cm³/mol. The zero-order valence-corrected chi connectivity index (χ0v) is 10.3. The van der Waals surface area contributed by atoms with Crippen molar-refractivity contribution in [2.45, 2.75) is 6.92 Å². The molecule has 2 aromatic rings. The van der Waals surface area contributed by atoms with E-state index in [-0.39, 0.29) is 17.6 Å². The molecule has 0 saturated carbocycles. The van der Waals surface area contributed by atoms with E-state index in [0.717, 1.165) is 16.2 Å². The van der Waals surface area contributed by atoms with Gasteiger partial charge in [-0.1, -0.05) is 6.07 Å². The zero-order valence-electron chi connectivity index (χ0n) is 10.3. The highest BCUT2D eigenvalue weighted by Gasteiger charge is 2.32. The van der Waals surface area contributed by atoms with Crippen LogP contribution in [0.3, 0.4) is 0 Å². The molecule has 0 unspecified atom stereocenters. The number of fused-ring (bicyclic) bond motifs is 1. The highest BCUT2D eigenvalue weighted by Crippen LogP contribution is 2.14. The molecular formula is C13H12N4O2. The fourth-order valence-electron chi connectivity index (χ4n) is 2.07. The molecule has 0 spiro atoms. The monoisotopic (exact) mass is 256 g/mol. The number of hydrogen-bond donors (Lipinski definition) is 1. The van der Waals surface area contributed by atoms with Gasteiger partial charge >= 0.3 is 6.03 Å². The molecule has 96 valence electrons. The van der Waals surface area contributed by atoms with Gasteiger partial charge in [0.2, 0.25) is 0 Å². The second-order valence-electron chi connectivity index (χ2n) is 4.15.